The van der Waals surface area contributed by atoms with E-state index in [1.165, 1.54) is 25.7 Å². The van der Waals surface area contributed by atoms with Crippen LogP contribution in [0.25, 0.3) is 5.65 Å². The molecule has 0 radical (unpaired) electrons. The van der Waals surface area contributed by atoms with E-state index in [0.717, 1.165) is 23.2 Å². The summed E-state index contributed by atoms with van der Waals surface area (Å²) in [5, 5.41) is 3.19. The van der Waals surface area contributed by atoms with Crippen molar-refractivity contribution in [2.24, 2.45) is 17.8 Å². The van der Waals surface area contributed by atoms with Crippen LogP contribution in [0.2, 0.25) is 0 Å². The summed E-state index contributed by atoms with van der Waals surface area (Å²) >= 11 is 0. The largest absolute Gasteiger partial charge is 0.348 e. The quantitative estimate of drug-likeness (QED) is 0.945. The van der Waals surface area contributed by atoms with Crippen LogP contribution in [0.5, 0.6) is 0 Å². The molecule has 0 aromatic carbocycles. The van der Waals surface area contributed by atoms with Crippen molar-refractivity contribution in [3.05, 3.63) is 35.8 Å². The Morgan fingerprint density at radius 2 is 2.23 bits per heavy atom. The predicted octanol–water partition coefficient (Wildman–Crippen LogP) is 3.20. The minimum Gasteiger partial charge on any atom is -0.348 e. The summed E-state index contributed by atoms with van der Waals surface area (Å²) in [5.41, 5.74) is 2.44. The number of amides is 1. The number of pyridine rings is 1. The molecule has 2 fully saturated rings. The smallest absolute Gasteiger partial charge is 0.271 e. The molecule has 0 spiro atoms. The molecule has 4 rings (SSSR count). The molecule has 2 aliphatic carbocycles. The molecule has 1 N–H and O–H groups in total. The van der Waals surface area contributed by atoms with Crippen LogP contribution in [0.3, 0.4) is 0 Å². The first-order valence-corrected chi connectivity index (χ1v) is 8.37. The monoisotopic (exact) mass is 297 g/mol. The van der Waals surface area contributed by atoms with Crippen molar-refractivity contribution in [3.8, 4) is 0 Å². The molecule has 0 aliphatic heterocycles. The molecule has 116 valence electrons. The van der Waals surface area contributed by atoms with E-state index in [1.54, 1.807) is 0 Å². The Bertz CT molecular complexity index is 720. The van der Waals surface area contributed by atoms with E-state index >= 15 is 0 Å². The minimum absolute atomic E-state index is 0.0432. The molecular formula is C18H23N3O. The molecule has 2 bridgehead atoms. The van der Waals surface area contributed by atoms with Gasteiger partial charge < -0.3 is 9.72 Å². The van der Waals surface area contributed by atoms with Crippen molar-refractivity contribution in [3.63, 3.8) is 0 Å². The Morgan fingerprint density at radius 3 is 2.91 bits per heavy atom. The summed E-state index contributed by atoms with van der Waals surface area (Å²) in [6, 6.07) is 6.17. The number of aromatic nitrogens is 2. The zero-order valence-electron chi connectivity index (χ0n) is 13.2. The molecular weight excluding hydrogens is 274 g/mol. The first-order chi connectivity index (χ1) is 10.6. The van der Waals surface area contributed by atoms with E-state index in [-0.39, 0.29) is 11.9 Å². The first-order valence-electron chi connectivity index (χ1n) is 8.37. The lowest BCUT2D eigenvalue weighted by Crippen LogP contribution is -2.40. The second-order valence-corrected chi connectivity index (χ2v) is 7.12. The number of carbonyl (C=O) groups excluding carboxylic acids is 1. The number of hydrogen-bond acceptors (Lipinski definition) is 2. The highest BCUT2D eigenvalue weighted by Gasteiger charge is 2.42. The van der Waals surface area contributed by atoms with Gasteiger partial charge in [0.05, 0.1) is 0 Å². The lowest BCUT2D eigenvalue weighted by atomic mass is 9.84. The molecule has 4 atom stereocenters. The van der Waals surface area contributed by atoms with E-state index in [0.29, 0.717) is 11.6 Å². The Hall–Kier alpha value is -1.84. The second-order valence-electron chi connectivity index (χ2n) is 7.12. The van der Waals surface area contributed by atoms with Crippen molar-refractivity contribution in [1.29, 1.82) is 0 Å². The topological polar surface area (TPSA) is 46.4 Å². The summed E-state index contributed by atoms with van der Waals surface area (Å²) in [4.78, 5) is 17.0. The lowest BCUT2D eigenvalue weighted by Gasteiger charge is -2.28. The number of nitrogens with zero attached hydrogens (tertiary/aromatic N) is 2. The third-order valence-electron chi connectivity index (χ3n) is 5.72. The Balaban J connectivity index is 1.50. The number of carbonyl (C=O) groups is 1. The SMILES string of the molecule is Cc1cccc2nc(C(=O)N[C@H](C)[C@@H]3C[C@H]4CC[C@H]3C4)cn12. The van der Waals surface area contributed by atoms with E-state index < -0.39 is 0 Å². The summed E-state index contributed by atoms with van der Waals surface area (Å²) in [6.07, 6.45) is 7.25. The van der Waals surface area contributed by atoms with Crippen molar-refractivity contribution < 1.29 is 4.79 Å². The second kappa shape index (κ2) is 5.11. The van der Waals surface area contributed by atoms with Crippen molar-refractivity contribution in [1.82, 2.24) is 14.7 Å². The molecule has 2 saturated carbocycles. The third-order valence-corrected chi connectivity index (χ3v) is 5.72. The number of hydrogen-bond donors (Lipinski definition) is 1. The standard InChI is InChI=1S/C18H23N3O/c1-11-4-3-5-17-20-16(10-21(11)17)18(22)19-12(2)15-9-13-6-7-14(15)8-13/h3-5,10,12-15H,6-9H2,1-2H3,(H,19,22)/t12-,13+,14+,15+/m1/s1. The van der Waals surface area contributed by atoms with Crippen molar-refractivity contribution in [2.75, 3.05) is 0 Å². The highest BCUT2D eigenvalue weighted by atomic mass is 16.2. The highest BCUT2D eigenvalue weighted by Crippen LogP contribution is 2.49. The van der Waals surface area contributed by atoms with Crippen LogP contribution in [0.1, 0.15) is 48.8 Å². The third kappa shape index (κ3) is 2.21. The number of imidazole rings is 1. The molecule has 22 heavy (non-hydrogen) atoms. The minimum atomic E-state index is -0.0432. The van der Waals surface area contributed by atoms with Crippen LogP contribution in [0.15, 0.2) is 24.4 Å². The molecule has 2 aromatic heterocycles. The van der Waals surface area contributed by atoms with Crippen LogP contribution in [-0.4, -0.2) is 21.3 Å². The maximum atomic E-state index is 12.5. The summed E-state index contributed by atoms with van der Waals surface area (Å²) < 4.78 is 1.97. The fourth-order valence-electron chi connectivity index (χ4n) is 4.55. The van der Waals surface area contributed by atoms with Gasteiger partial charge in [-0.1, -0.05) is 12.5 Å². The lowest BCUT2D eigenvalue weighted by molar-refractivity contribution is 0.0911. The number of fused-ring (bicyclic) bond motifs is 3. The first kappa shape index (κ1) is 13.8. The van der Waals surface area contributed by atoms with Gasteiger partial charge in [-0.15, -0.1) is 0 Å². The summed E-state index contributed by atoms with van der Waals surface area (Å²) in [7, 11) is 0. The van der Waals surface area contributed by atoms with Crippen LogP contribution >= 0.6 is 0 Å². The normalized spacial score (nSPS) is 28.2. The van der Waals surface area contributed by atoms with Crippen LogP contribution in [0.4, 0.5) is 0 Å². The van der Waals surface area contributed by atoms with Gasteiger partial charge in [0.1, 0.15) is 11.3 Å². The van der Waals surface area contributed by atoms with Crippen molar-refractivity contribution >= 4 is 11.6 Å². The van der Waals surface area contributed by atoms with E-state index in [1.807, 2.05) is 35.7 Å². The molecule has 4 heteroatoms. The number of rotatable bonds is 3. The van der Waals surface area contributed by atoms with Gasteiger partial charge in [0.15, 0.2) is 0 Å². The predicted molar refractivity (Wildman–Crippen MR) is 85.8 cm³/mol. The molecule has 2 heterocycles. The average Bonchev–Trinajstić information content (AvgIpc) is 3.22. The molecule has 1 amide bonds. The summed E-state index contributed by atoms with van der Waals surface area (Å²) in [6.45, 7) is 4.18. The maximum Gasteiger partial charge on any atom is 0.271 e. The van der Waals surface area contributed by atoms with Gasteiger partial charge in [-0.25, -0.2) is 4.98 Å². The fourth-order valence-corrected chi connectivity index (χ4v) is 4.55. The van der Waals surface area contributed by atoms with Gasteiger partial charge in [-0.3, -0.25) is 4.79 Å². The van der Waals surface area contributed by atoms with Gasteiger partial charge >= 0.3 is 0 Å². The van der Waals surface area contributed by atoms with E-state index in [4.69, 9.17) is 0 Å². The average molecular weight is 297 g/mol. The molecule has 0 unspecified atom stereocenters. The summed E-state index contributed by atoms with van der Waals surface area (Å²) in [5.74, 6) is 2.34. The molecule has 4 nitrogen and oxygen atoms in total. The van der Waals surface area contributed by atoms with Crippen molar-refractivity contribution in [2.45, 2.75) is 45.6 Å². The van der Waals surface area contributed by atoms with Crippen LogP contribution in [-0.2, 0) is 0 Å². The van der Waals surface area contributed by atoms with Crippen LogP contribution < -0.4 is 5.32 Å². The van der Waals surface area contributed by atoms with E-state index in [9.17, 15) is 4.79 Å². The molecule has 2 aromatic rings. The maximum absolute atomic E-state index is 12.5. The fraction of sp³-hybridized carbons (Fsp3) is 0.556. The number of aryl methyl sites for hydroxylation is 1. The van der Waals surface area contributed by atoms with E-state index in [2.05, 4.69) is 17.2 Å². The Kier molecular flexibility index (Phi) is 3.21. The zero-order chi connectivity index (χ0) is 15.3. The highest BCUT2D eigenvalue weighted by molar-refractivity contribution is 5.93. The molecule has 2 aliphatic rings. The van der Waals surface area contributed by atoms with Gasteiger partial charge in [-0.05, 0) is 63.0 Å². The van der Waals surface area contributed by atoms with Crippen LogP contribution in [0, 0.1) is 24.7 Å². The van der Waals surface area contributed by atoms with Gasteiger partial charge in [-0.2, -0.15) is 0 Å². The van der Waals surface area contributed by atoms with Gasteiger partial charge in [0.2, 0.25) is 0 Å². The Morgan fingerprint density at radius 1 is 1.36 bits per heavy atom. The van der Waals surface area contributed by atoms with Gasteiger partial charge in [0.25, 0.3) is 5.91 Å². The van der Waals surface area contributed by atoms with Gasteiger partial charge in [0, 0.05) is 17.9 Å². The zero-order valence-corrected chi connectivity index (χ0v) is 13.2. The Labute approximate surface area is 130 Å². The molecule has 0 saturated heterocycles. The number of nitrogens with one attached hydrogen (secondary N) is 1.